The van der Waals surface area contributed by atoms with E-state index in [2.05, 4.69) is 30.9 Å². The molecule has 0 unspecified atom stereocenters. The van der Waals surface area contributed by atoms with Gasteiger partial charge in [0.15, 0.2) is 5.65 Å². The fourth-order valence-corrected chi connectivity index (χ4v) is 1.90. The summed E-state index contributed by atoms with van der Waals surface area (Å²) in [6, 6.07) is 11.2. The second kappa shape index (κ2) is 4.70. The second-order valence-corrected chi connectivity index (χ2v) is 4.44. The first-order valence-electron chi connectivity index (χ1n) is 5.33. The Morgan fingerprint density at radius 3 is 2.67 bits per heavy atom. The Morgan fingerprint density at radius 1 is 0.944 bits per heavy atom. The third-order valence-corrected chi connectivity index (χ3v) is 3.01. The van der Waals surface area contributed by atoms with Gasteiger partial charge in [-0.1, -0.05) is 12.1 Å². The number of nitrogens with zero attached hydrogens (tertiary/aromatic N) is 3. The predicted octanol–water partition coefficient (Wildman–Crippen LogP) is 3.58. The molecule has 0 spiro atoms. The number of ether oxygens (including phenoxy) is 1. The number of pyridine rings is 1. The lowest BCUT2D eigenvalue weighted by atomic mass is 10.3. The van der Waals surface area contributed by atoms with Crippen LogP contribution in [-0.2, 0) is 0 Å². The fourth-order valence-electron chi connectivity index (χ4n) is 1.53. The molecule has 0 saturated heterocycles. The molecule has 0 radical (unpaired) electrons. The molecular formula is C13H8BrN3O. The Bertz CT molecular complexity index is 702. The van der Waals surface area contributed by atoms with Gasteiger partial charge in [-0.05, 0) is 34.1 Å². The first-order chi connectivity index (χ1) is 8.83. The third-order valence-electron chi connectivity index (χ3n) is 2.36. The Balaban J connectivity index is 1.98. The van der Waals surface area contributed by atoms with Gasteiger partial charge in [-0.3, -0.25) is 4.98 Å². The Hall–Kier alpha value is -2.01. The number of benzene rings is 1. The van der Waals surface area contributed by atoms with Crippen LogP contribution in [0.1, 0.15) is 0 Å². The summed E-state index contributed by atoms with van der Waals surface area (Å²) in [5.74, 6) is 1.21. The lowest BCUT2D eigenvalue weighted by molar-refractivity contribution is 0.462. The van der Waals surface area contributed by atoms with E-state index in [1.54, 1.807) is 18.5 Å². The minimum absolute atomic E-state index is 0.495. The maximum atomic E-state index is 5.69. The minimum atomic E-state index is 0.495. The maximum absolute atomic E-state index is 5.69. The van der Waals surface area contributed by atoms with Crippen molar-refractivity contribution in [2.45, 2.75) is 0 Å². The smallest absolute Gasteiger partial charge is 0.221 e. The SMILES string of the molecule is Brc1ccccc1Oc1ccc2nccnc2n1. The topological polar surface area (TPSA) is 47.9 Å². The molecule has 0 bridgehead atoms. The van der Waals surface area contributed by atoms with Gasteiger partial charge in [-0.2, -0.15) is 4.98 Å². The molecule has 0 aliphatic heterocycles. The molecule has 0 amide bonds. The van der Waals surface area contributed by atoms with Gasteiger partial charge in [0.2, 0.25) is 5.88 Å². The lowest BCUT2D eigenvalue weighted by Gasteiger charge is -2.06. The van der Waals surface area contributed by atoms with E-state index in [-0.39, 0.29) is 0 Å². The number of fused-ring (bicyclic) bond motifs is 1. The monoisotopic (exact) mass is 301 g/mol. The number of rotatable bonds is 2. The highest BCUT2D eigenvalue weighted by atomic mass is 79.9. The van der Waals surface area contributed by atoms with Crippen molar-refractivity contribution < 1.29 is 4.74 Å². The number of hydrogen-bond acceptors (Lipinski definition) is 4. The third kappa shape index (κ3) is 2.17. The van der Waals surface area contributed by atoms with Crippen molar-refractivity contribution in [1.82, 2.24) is 15.0 Å². The second-order valence-electron chi connectivity index (χ2n) is 3.58. The van der Waals surface area contributed by atoms with Crippen LogP contribution in [0, 0.1) is 0 Å². The molecule has 2 heterocycles. The van der Waals surface area contributed by atoms with Gasteiger partial charge in [-0.25, -0.2) is 4.98 Å². The Kier molecular flexibility index (Phi) is 2.90. The summed E-state index contributed by atoms with van der Waals surface area (Å²) in [4.78, 5) is 12.6. The summed E-state index contributed by atoms with van der Waals surface area (Å²) in [6.07, 6.45) is 3.25. The summed E-state index contributed by atoms with van der Waals surface area (Å²) in [5, 5.41) is 0. The van der Waals surface area contributed by atoms with Crippen LogP contribution in [-0.4, -0.2) is 15.0 Å². The molecule has 0 saturated carbocycles. The maximum Gasteiger partial charge on any atom is 0.221 e. The van der Waals surface area contributed by atoms with Crippen LogP contribution in [0.25, 0.3) is 11.2 Å². The molecule has 5 heteroatoms. The van der Waals surface area contributed by atoms with Gasteiger partial charge in [-0.15, -0.1) is 0 Å². The molecule has 0 N–H and O–H groups in total. The van der Waals surface area contributed by atoms with E-state index in [0.29, 0.717) is 17.3 Å². The highest BCUT2D eigenvalue weighted by Gasteiger charge is 2.04. The number of para-hydroxylation sites is 1. The van der Waals surface area contributed by atoms with Crippen molar-refractivity contribution in [2.24, 2.45) is 0 Å². The van der Waals surface area contributed by atoms with Gasteiger partial charge in [0, 0.05) is 18.5 Å². The highest BCUT2D eigenvalue weighted by molar-refractivity contribution is 9.10. The summed E-state index contributed by atoms with van der Waals surface area (Å²) in [5.41, 5.74) is 1.32. The molecule has 0 aliphatic carbocycles. The summed E-state index contributed by atoms with van der Waals surface area (Å²) < 4.78 is 6.57. The minimum Gasteiger partial charge on any atom is -0.438 e. The van der Waals surface area contributed by atoms with Crippen LogP contribution >= 0.6 is 15.9 Å². The zero-order chi connectivity index (χ0) is 12.4. The predicted molar refractivity (Wildman–Crippen MR) is 71.5 cm³/mol. The van der Waals surface area contributed by atoms with Crippen molar-refractivity contribution in [3.8, 4) is 11.6 Å². The molecule has 0 aliphatic rings. The first-order valence-corrected chi connectivity index (χ1v) is 6.12. The van der Waals surface area contributed by atoms with E-state index in [1.165, 1.54) is 0 Å². The van der Waals surface area contributed by atoms with E-state index in [0.717, 1.165) is 9.99 Å². The molecule has 4 nitrogen and oxygen atoms in total. The van der Waals surface area contributed by atoms with Crippen molar-refractivity contribution in [3.05, 3.63) is 53.3 Å². The molecule has 18 heavy (non-hydrogen) atoms. The van der Waals surface area contributed by atoms with E-state index >= 15 is 0 Å². The van der Waals surface area contributed by atoms with Gasteiger partial charge in [0.05, 0.1) is 4.47 Å². The first kappa shape index (κ1) is 11.1. The Morgan fingerprint density at radius 2 is 1.78 bits per heavy atom. The van der Waals surface area contributed by atoms with E-state index in [1.807, 2.05) is 30.3 Å². The van der Waals surface area contributed by atoms with Crippen LogP contribution in [0.15, 0.2) is 53.3 Å². The lowest BCUT2D eigenvalue weighted by Crippen LogP contribution is -1.91. The van der Waals surface area contributed by atoms with Gasteiger partial charge >= 0.3 is 0 Å². The Labute approximate surface area is 112 Å². The van der Waals surface area contributed by atoms with Gasteiger partial charge in [0.1, 0.15) is 11.3 Å². The molecule has 3 rings (SSSR count). The largest absolute Gasteiger partial charge is 0.438 e. The zero-order valence-electron chi connectivity index (χ0n) is 9.25. The quantitative estimate of drug-likeness (QED) is 0.726. The average Bonchev–Trinajstić information content (AvgIpc) is 2.41. The molecule has 88 valence electrons. The van der Waals surface area contributed by atoms with E-state index in [9.17, 15) is 0 Å². The summed E-state index contributed by atoms with van der Waals surface area (Å²) >= 11 is 3.42. The molecule has 0 fully saturated rings. The standard InChI is InChI=1S/C13H8BrN3O/c14-9-3-1-2-4-11(9)18-12-6-5-10-13(17-12)16-8-7-15-10/h1-8H. The number of aromatic nitrogens is 3. The van der Waals surface area contributed by atoms with E-state index in [4.69, 9.17) is 4.74 Å². The highest BCUT2D eigenvalue weighted by Crippen LogP contribution is 2.28. The van der Waals surface area contributed by atoms with Crippen LogP contribution in [0.2, 0.25) is 0 Å². The summed E-state index contributed by atoms with van der Waals surface area (Å²) in [7, 11) is 0. The molecular weight excluding hydrogens is 294 g/mol. The van der Waals surface area contributed by atoms with Crippen LogP contribution in [0.4, 0.5) is 0 Å². The van der Waals surface area contributed by atoms with Crippen LogP contribution in [0.5, 0.6) is 11.6 Å². The van der Waals surface area contributed by atoms with Crippen molar-refractivity contribution >= 4 is 27.1 Å². The zero-order valence-corrected chi connectivity index (χ0v) is 10.8. The van der Waals surface area contributed by atoms with Crippen LogP contribution in [0.3, 0.4) is 0 Å². The van der Waals surface area contributed by atoms with Crippen molar-refractivity contribution in [3.63, 3.8) is 0 Å². The van der Waals surface area contributed by atoms with Crippen molar-refractivity contribution in [2.75, 3.05) is 0 Å². The van der Waals surface area contributed by atoms with Crippen LogP contribution < -0.4 is 4.74 Å². The van der Waals surface area contributed by atoms with Gasteiger partial charge < -0.3 is 4.74 Å². The van der Waals surface area contributed by atoms with E-state index < -0.39 is 0 Å². The molecule has 1 aromatic carbocycles. The normalized spacial score (nSPS) is 10.5. The fraction of sp³-hybridized carbons (Fsp3) is 0. The average molecular weight is 302 g/mol. The molecule has 3 aromatic rings. The molecule has 0 atom stereocenters. The summed E-state index contributed by atoms with van der Waals surface area (Å²) in [6.45, 7) is 0. The van der Waals surface area contributed by atoms with Gasteiger partial charge in [0.25, 0.3) is 0 Å². The number of halogens is 1. The molecule has 2 aromatic heterocycles. The number of hydrogen-bond donors (Lipinski definition) is 0. The van der Waals surface area contributed by atoms with Crippen molar-refractivity contribution in [1.29, 1.82) is 0 Å².